The molecular formula is C27H41NO7S. The van der Waals surface area contributed by atoms with Gasteiger partial charge in [0.25, 0.3) is 0 Å². The van der Waals surface area contributed by atoms with Crippen LogP contribution in [0.25, 0.3) is 6.08 Å². The van der Waals surface area contributed by atoms with Crippen molar-refractivity contribution in [1.29, 1.82) is 0 Å². The molecule has 4 N–H and O–H groups in total. The van der Waals surface area contributed by atoms with Gasteiger partial charge in [-0.3, -0.25) is 9.59 Å². The molecule has 2 rings (SSSR count). The lowest BCUT2D eigenvalue weighted by atomic mass is 9.73. The molecule has 0 fully saturated rings. The van der Waals surface area contributed by atoms with Gasteiger partial charge in [0.1, 0.15) is 16.9 Å². The molecule has 0 saturated heterocycles. The summed E-state index contributed by atoms with van der Waals surface area (Å²) in [4.78, 5) is 30.4. The molecule has 0 aliphatic carbocycles. The summed E-state index contributed by atoms with van der Waals surface area (Å²) < 4.78 is 5.75. The molecule has 0 saturated carbocycles. The first kappa shape index (κ1) is 30.3. The molecule has 0 amide bonds. The highest BCUT2D eigenvalue weighted by Gasteiger charge is 2.42. The minimum atomic E-state index is -1.28. The van der Waals surface area contributed by atoms with Gasteiger partial charge >= 0.3 is 5.97 Å². The number of hydrogen-bond donors (Lipinski definition) is 4. The first-order valence-corrected chi connectivity index (χ1v) is 13.4. The van der Waals surface area contributed by atoms with Crippen LogP contribution in [0.5, 0.6) is 0 Å². The van der Waals surface area contributed by atoms with Gasteiger partial charge < -0.3 is 25.2 Å². The van der Waals surface area contributed by atoms with Gasteiger partial charge in [-0.2, -0.15) is 0 Å². The first-order chi connectivity index (χ1) is 16.9. The number of carbonyl (C=O) groups is 2. The lowest BCUT2D eigenvalue weighted by Gasteiger charge is -2.34. The van der Waals surface area contributed by atoms with Crippen LogP contribution in [0.3, 0.4) is 0 Å². The summed E-state index contributed by atoms with van der Waals surface area (Å²) >= 11 is 1.33. The highest BCUT2D eigenvalue weighted by atomic mass is 32.1. The summed E-state index contributed by atoms with van der Waals surface area (Å²) in [6.45, 7) is 8.26. The van der Waals surface area contributed by atoms with E-state index in [9.17, 15) is 30.0 Å². The number of rotatable bonds is 4. The van der Waals surface area contributed by atoms with Gasteiger partial charge in [0, 0.05) is 17.7 Å². The normalized spacial score (nSPS) is 31.0. The van der Waals surface area contributed by atoms with Crippen molar-refractivity contribution in [1.82, 2.24) is 4.98 Å². The minimum Gasteiger partial charge on any atom is -0.457 e. The van der Waals surface area contributed by atoms with Crippen LogP contribution < -0.4 is 0 Å². The number of hydrogen-bond acceptors (Lipinski definition) is 9. The van der Waals surface area contributed by atoms with E-state index in [1.54, 1.807) is 32.2 Å². The summed E-state index contributed by atoms with van der Waals surface area (Å²) in [6, 6.07) is 0. The number of aliphatic hydroxyl groups is 4. The summed E-state index contributed by atoms with van der Waals surface area (Å²) in [6.07, 6.45) is 2.81. The molecule has 9 heteroatoms. The molecule has 5 atom stereocenters. The van der Waals surface area contributed by atoms with E-state index in [0.29, 0.717) is 30.0 Å². The molecule has 1 aromatic heterocycles. The largest absolute Gasteiger partial charge is 0.457 e. The van der Waals surface area contributed by atoms with Crippen molar-refractivity contribution in [3.63, 3.8) is 0 Å². The topological polar surface area (TPSA) is 137 Å². The van der Waals surface area contributed by atoms with E-state index < -0.39 is 35.6 Å². The van der Waals surface area contributed by atoms with Crippen LogP contribution >= 0.6 is 11.3 Å². The number of Topliss-reactive ketones (excluding diaryl/α,β-unsaturated/α-hetero) is 1. The summed E-state index contributed by atoms with van der Waals surface area (Å²) in [5.74, 6) is -1.81. The Kier molecular flexibility index (Phi) is 11.4. The van der Waals surface area contributed by atoms with Crippen LogP contribution in [0.15, 0.2) is 22.6 Å². The average Bonchev–Trinajstić information content (AvgIpc) is 3.30. The number of ketones is 1. The highest BCUT2D eigenvalue weighted by molar-refractivity contribution is 7.09. The number of aromatic nitrogens is 1. The Morgan fingerprint density at radius 2 is 1.92 bits per heavy atom. The smallest absolute Gasteiger partial charge is 0.309 e. The molecule has 0 unspecified atom stereocenters. The molecule has 0 aromatic carbocycles. The van der Waals surface area contributed by atoms with Gasteiger partial charge in [-0.25, -0.2) is 4.98 Å². The Morgan fingerprint density at radius 1 is 1.22 bits per heavy atom. The van der Waals surface area contributed by atoms with Gasteiger partial charge in [-0.05, 0) is 49.3 Å². The number of carbonyl (C=O) groups excluding carboxylic acids is 2. The zero-order valence-corrected chi connectivity index (χ0v) is 22.8. The molecule has 8 nitrogen and oxygen atoms in total. The molecule has 202 valence electrons. The van der Waals surface area contributed by atoms with E-state index in [1.165, 1.54) is 11.3 Å². The molecule has 0 radical (unpaired) electrons. The zero-order chi connectivity index (χ0) is 27.0. The van der Waals surface area contributed by atoms with E-state index in [2.05, 4.69) is 4.98 Å². The van der Waals surface area contributed by atoms with Crippen molar-refractivity contribution in [2.24, 2.45) is 17.3 Å². The van der Waals surface area contributed by atoms with Gasteiger partial charge in [-0.1, -0.05) is 33.8 Å². The third-order valence-corrected chi connectivity index (χ3v) is 8.03. The molecule has 0 bridgehead atoms. The Morgan fingerprint density at radius 3 is 2.53 bits per heavy atom. The van der Waals surface area contributed by atoms with Gasteiger partial charge in [0.05, 0.1) is 43.0 Å². The van der Waals surface area contributed by atoms with Crippen molar-refractivity contribution in [3.8, 4) is 0 Å². The predicted molar refractivity (Wildman–Crippen MR) is 139 cm³/mol. The van der Waals surface area contributed by atoms with Crippen LogP contribution in [0.1, 0.15) is 77.4 Å². The molecular weight excluding hydrogens is 482 g/mol. The lowest BCUT2D eigenvalue weighted by Crippen LogP contribution is -2.45. The van der Waals surface area contributed by atoms with Crippen LogP contribution in [-0.2, 0) is 20.9 Å². The third-order valence-electron chi connectivity index (χ3n) is 7.18. The van der Waals surface area contributed by atoms with Crippen LogP contribution in [0, 0.1) is 17.3 Å². The minimum absolute atomic E-state index is 0.131. The van der Waals surface area contributed by atoms with E-state index in [4.69, 9.17) is 4.74 Å². The van der Waals surface area contributed by atoms with Crippen LogP contribution in [0.2, 0.25) is 0 Å². The molecule has 1 aliphatic rings. The Bertz CT molecular complexity index is 952. The highest BCUT2D eigenvalue weighted by Crippen LogP contribution is 2.32. The second kappa shape index (κ2) is 13.6. The second-order valence-electron chi connectivity index (χ2n) is 10.4. The predicted octanol–water partition coefficient (Wildman–Crippen LogP) is 3.42. The van der Waals surface area contributed by atoms with Crippen molar-refractivity contribution >= 4 is 29.2 Å². The average molecular weight is 524 g/mol. The fraction of sp³-hybridized carbons (Fsp3) is 0.667. The maximum atomic E-state index is 13.2. The monoisotopic (exact) mass is 523 g/mol. The van der Waals surface area contributed by atoms with Crippen LogP contribution in [0.4, 0.5) is 0 Å². The van der Waals surface area contributed by atoms with Crippen molar-refractivity contribution in [2.45, 2.75) is 91.6 Å². The van der Waals surface area contributed by atoms with Gasteiger partial charge in [-0.15, -0.1) is 11.3 Å². The third kappa shape index (κ3) is 8.05. The molecule has 2 heterocycles. The number of thiazole rings is 1. The Balaban J connectivity index is 2.37. The van der Waals surface area contributed by atoms with E-state index in [0.717, 1.165) is 17.6 Å². The zero-order valence-electron chi connectivity index (χ0n) is 21.9. The van der Waals surface area contributed by atoms with Crippen molar-refractivity contribution in [2.75, 3.05) is 6.61 Å². The Labute approximate surface area is 217 Å². The van der Waals surface area contributed by atoms with Crippen molar-refractivity contribution in [3.05, 3.63) is 33.3 Å². The molecule has 0 spiro atoms. The summed E-state index contributed by atoms with van der Waals surface area (Å²) in [7, 11) is 0. The SMILES string of the molecule is C/C(=C\c1csc(CO)n1)[C@@H]1C/C=C(/CO)CCC[C@H](C)[C@H](O)[C@@H](C)C(=O)C(C)(C)[C@@H](O)CC(=O)O1. The molecule has 1 aliphatic heterocycles. The quantitative estimate of drug-likeness (QED) is 0.348. The standard InChI is InChI=1S/C27H41NO7S/c1-16-7-6-8-19(13-29)9-10-21(17(2)11-20-15-36-23(14-30)28-20)35-24(32)12-22(31)27(4,5)26(34)18(3)25(16)33/h9,11,15-16,18,21-22,25,29-31,33H,6-8,10,12-14H2,1-5H3/b17-11+,19-9+/t16-,18+,21-,22-,25-/m0/s1. The number of cyclic esters (lactones) is 1. The van der Waals surface area contributed by atoms with E-state index >= 15 is 0 Å². The number of ether oxygens (including phenoxy) is 1. The lowest BCUT2D eigenvalue weighted by molar-refractivity contribution is -0.154. The summed E-state index contributed by atoms with van der Waals surface area (Å²) in [5, 5.41) is 43.1. The van der Waals surface area contributed by atoms with Crippen LogP contribution in [-0.4, -0.2) is 62.1 Å². The fourth-order valence-electron chi connectivity index (χ4n) is 4.48. The number of nitrogens with zero attached hydrogens (tertiary/aromatic N) is 1. The fourth-order valence-corrected chi connectivity index (χ4v) is 5.09. The van der Waals surface area contributed by atoms with Crippen molar-refractivity contribution < 1.29 is 34.8 Å². The van der Waals surface area contributed by atoms with Gasteiger partial charge in [0.15, 0.2) is 0 Å². The maximum Gasteiger partial charge on any atom is 0.309 e. The Hall–Kier alpha value is -1.91. The summed E-state index contributed by atoms with van der Waals surface area (Å²) in [5.41, 5.74) is 0.925. The second-order valence-corrected chi connectivity index (χ2v) is 11.3. The number of aliphatic hydroxyl groups excluding tert-OH is 4. The molecule has 1 aromatic rings. The maximum absolute atomic E-state index is 13.2. The van der Waals surface area contributed by atoms with Gasteiger partial charge in [0.2, 0.25) is 0 Å². The number of esters is 1. The van der Waals surface area contributed by atoms with E-state index in [1.807, 2.05) is 19.9 Å². The molecule has 36 heavy (non-hydrogen) atoms. The van der Waals surface area contributed by atoms with E-state index in [-0.39, 0.29) is 31.3 Å². The first-order valence-electron chi connectivity index (χ1n) is 12.5.